The summed E-state index contributed by atoms with van der Waals surface area (Å²) in [5.41, 5.74) is -0.788. The fourth-order valence-corrected chi connectivity index (χ4v) is 5.19. The average molecular weight is 377 g/mol. The van der Waals surface area contributed by atoms with E-state index in [2.05, 4.69) is 15.5 Å². The highest BCUT2D eigenvalue weighted by Crippen LogP contribution is 2.38. The van der Waals surface area contributed by atoms with Gasteiger partial charge in [-0.1, -0.05) is 19.8 Å². The maximum Gasteiger partial charge on any atom is 0.325 e. The highest BCUT2D eigenvalue weighted by Gasteiger charge is 2.55. The average Bonchev–Trinajstić information content (AvgIpc) is 3.25. The van der Waals surface area contributed by atoms with E-state index in [1.54, 1.807) is 0 Å². The standard InChI is InChI=1S/C19H31N5O3/c1-14-4-2-3-6-19(14)17(26)24(18(27)21-19)13-16(25)23-9-5-15(12-23)22-10-7-20-8-11-22/h14-15,20H,2-13H2,1H3,(H,21,27). The van der Waals surface area contributed by atoms with Crippen LogP contribution in [-0.2, 0) is 9.59 Å². The molecular weight excluding hydrogens is 346 g/mol. The van der Waals surface area contributed by atoms with Crippen LogP contribution in [0.15, 0.2) is 0 Å². The summed E-state index contributed by atoms with van der Waals surface area (Å²) in [6.07, 6.45) is 4.61. The first kappa shape index (κ1) is 18.7. The minimum atomic E-state index is -0.788. The van der Waals surface area contributed by atoms with Gasteiger partial charge in [-0.25, -0.2) is 4.79 Å². The third-order valence-corrected chi connectivity index (χ3v) is 6.98. The van der Waals surface area contributed by atoms with Gasteiger partial charge in [-0.15, -0.1) is 0 Å². The molecule has 8 heteroatoms. The van der Waals surface area contributed by atoms with E-state index in [1.807, 2.05) is 11.8 Å². The zero-order valence-electron chi connectivity index (χ0n) is 16.2. The third-order valence-electron chi connectivity index (χ3n) is 6.98. The summed E-state index contributed by atoms with van der Waals surface area (Å²) in [6.45, 7) is 7.32. The Morgan fingerprint density at radius 1 is 1.15 bits per heavy atom. The van der Waals surface area contributed by atoms with Crippen molar-refractivity contribution in [2.24, 2.45) is 5.92 Å². The van der Waals surface area contributed by atoms with E-state index in [0.29, 0.717) is 25.6 Å². The van der Waals surface area contributed by atoms with Crippen LogP contribution < -0.4 is 10.6 Å². The first-order valence-electron chi connectivity index (χ1n) is 10.4. The number of hydrogen-bond donors (Lipinski definition) is 2. The van der Waals surface area contributed by atoms with Crippen molar-refractivity contribution < 1.29 is 14.4 Å². The number of carbonyl (C=O) groups excluding carboxylic acids is 3. The molecule has 4 aliphatic rings. The molecule has 150 valence electrons. The van der Waals surface area contributed by atoms with Gasteiger partial charge in [0.05, 0.1) is 0 Å². The van der Waals surface area contributed by atoms with E-state index in [4.69, 9.17) is 0 Å². The molecule has 0 radical (unpaired) electrons. The fourth-order valence-electron chi connectivity index (χ4n) is 5.19. The van der Waals surface area contributed by atoms with Gasteiger partial charge in [-0.3, -0.25) is 19.4 Å². The first-order chi connectivity index (χ1) is 13.0. The maximum atomic E-state index is 13.0. The Balaban J connectivity index is 1.37. The van der Waals surface area contributed by atoms with Crippen molar-refractivity contribution in [3.63, 3.8) is 0 Å². The van der Waals surface area contributed by atoms with Crippen LogP contribution in [0.1, 0.15) is 39.0 Å². The van der Waals surface area contributed by atoms with Gasteiger partial charge >= 0.3 is 6.03 Å². The SMILES string of the molecule is CC1CCCCC12NC(=O)N(CC(=O)N1CCC(N3CCNCC3)C1)C2=O. The Bertz CT molecular complexity index is 620. The van der Waals surface area contributed by atoms with Gasteiger partial charge < -0.3 is 15.5 Å². The molecule has 3 unspecified atom stereocenters. The van der Waals surface area contributed by atoms with Crippen molar-refractivity contribution in [2.45, 2.75) is 50.6 Å². The smallest absolute Gasteiger partial charge is 0.325 e. The predicted molar refractivity (Wildman–Crippen MR) is 100 cm³/mol. The summed E-state index contributed by atoms with van der Waals surface area (Å²) in [5.74, 6) is -0.200. The maximum absolute atomic E-state index is 13.0. The van der Waals surface area contributed by atoms with Gasteiger partial charge in [0, 0.05) is 45.3 Å². The lowest BCUT2D eigenvalue weighted by Crippen LogP contribution is -2.54. The van der Waals surface area contributed by atoms with E-state index >= 15 is 0 Å². The van der Waals surface area contributed by atoms with Crippen LogP contribution in [0.25, 0.3) is 0 Å². The van der Waals surface area contributed by atoms with Crippen LogP contribution in [0.4, 0.5) is 4.79 Å². The molecule has 1 saturated carbocycles. The van der Waals surface area contributed by atoms with Gasteiger partial charge in [0.25, 0.3) is 5.91 Å². The molecule has 4 amide bonds. The molecule has 3 atom stereocenters. The summed E-state index contributed by atoms with van der Waals surface area (Å²) in [7, 11) is 0. The van der Waals surface area contributed by atoms with Gasteiger partial charge in [-0.2, -0.15) is 0 Å². The second kappa shape index (κ2) is 7.39. The van der Waals surface area contributed by atoms with E-state index < -0.39 is 11.6 Å². The largest absolute Gasteiger partial charge is 0.340 e. The minimum absolute atomic E-state index is 0.114. The molecule has 3 aliphatic heterocycles. The molecule has 3 heterocycles. The quantitative estimate of drug-likeness (QED) is 0.676. The first-order valence-corrected chi connectivity index (χ1v) is 10.4. The Morgan fingerprint density at radius 2 is 1.93 bits per heavy atom. The molecule has 1 spiro atoms. The highest BCUT2D eigenvalue weighted by atomic mass is 16.2. The zero-order chi connectivity index (χ0) is 19.0. The van der Waals surface area contributed by atoms with Gasteiger partial charge in [0.15, 0.2) is 0 Å². The summed E-state index contributed by atoms with van der Waals surface area (Å²) < 4.78 is 0. The molecule has 1 aliphatic carbocycles. The number of nitrogens with one attached hydrogen (secondary N) is 2. The normalized spacial score (nSPS) is 35.1. The van der Waals surface area contributed by atoms with Crippen LogP contribution in [0.3, 0.4) is 0 Å². The van der Waals surface area contributed by atoms with Crippen molar-refractivity contribution in [3.8, 4) is 0 Å². The number of likely N-dealkylation sites (tertiary alicyclic amines) is 1. The van der Waals surface area contributed by atoms with Crippen LogP contribution in [0.2, 0.25) is 0 Å². The number of piperazine rings is 1. The van der Waals surface area contributed by atoms with E-state index in [0.717, 1.165) is 56.8 Å². The Morgan fingerprint density at radius 3 is 2.67 bits per heavy atom. The molecule has 4 fully saturated rings. The van der Waals surface area contributed by atoms with E-state index in [9.17, 15) is 14.4 Å². The molecule has 2 N–H and O–H groups in total. The van der Waals surface area contributed by atoms with Crippen molar-refractivity contribution in [3.05, 3.63) is 0 Å². The number of rotatable bonds is 3. The Kier molecular flexibility index (Phi) is 5.11. The van der Waals surface area contributed by atoms with E-state index in [-0.39, 0.29) is 24.3 Å². The number of urea groups is 1. The molecule has 0 aromatic rings. The Hall–Kier alpha value is -1.67. The number of imide groups is 1. The van der Waals surface area contributed by atoms with Gasteiger partial charge in [0.1, 0.15) is 12.1 Å². The summed E-state index contributed by atoms with van der Waals surface area (Å²) in [6, 6.07) is -0.0104. The van der Waals surface area contributed by atoms with Crippen molar-refractivity contribution in [1.82, 2.24) is 25.3 Å². The monoisotopic (exact) mass is 377 g/mol. The lowest BCUT2D eigenvalue weighted by atomic mass is 9.73. The molecule has 27 heavy (non-hydrogen) atoms. The molecule has 0 aromatic heterocycles. The van der Waals surface area contributed by atoms with Crippen LogP contribution in [-0.4, -0.2) is 89.9 Å². The zero-order valence-corrected chi connectivity index (χ0v) is 16.2. The number of hydrogen-bond acceptors (Lipinski definition) is 5. The van der Waals surface area contributed by atoms with Crippen LogP contribution in [0, 0.1) is 5.92 Å². The second-order valence-corrected chi connectivity index (χ2v) is 8.51. The molecule has 3 saturated heterocycles. The van der Waals surface area contributed by atoms with Crippen molar-refractivity contribution >= 4 is 17.8 Å². The molecule has 0 bridgehead atoms. The number of amides is 4. The number of nitrogens with zero attached hydrogens (tertiary/aromatic N) is 3. The topological polar surface area (TPSA) is 85.0 Å². The molecule has 4 rings (SSSR count). The lowest BCUT2D eigenvalue weighted by molar-refractivity contribution is -0.140. The van der Waals surface area contributed by atoms with Crippen LogP contribution >= 0.6 is 0 Å². The summed E-state index contributed by atoms with van der Waals surface area (Å²) in [5, 5.41) is 6.28. The summed E-state index contributed by atoms with van der Waals surface area (Å²) in [4.78, 5) is 43.7. The van der Waals surface area contributed by atoms with Crippen LogP contribution in [0.5, 0.6) is 0 Å². The minimum Gasteiger partial charge on any atom is -0.340 e. The fraction of sp³-hybridized carbons (Fsp3) is 0.842. The Labute approximate surface area is 160 Å². The van der Waals surface area contributed by atoms with Crippen molar-refractivity contribution in [1.29, 1.82) is 0 Å². The van der Waals surface area contributed by atoms with E-state index in [1.165, 1.54) is 0 Å². The third kappa shape index (κ3) is 3.33. The second-order valence-electron chi connectivity index (χ2n) is 8.51. The molecule has 0 aromatic carbocycles. The molecule has 8 nitrogen and oxygen atoms in total. The summed E-state index contributed by atoms with van der Waals surface area (Å²) >= 11 is 0. The predicted octanol–water partition coefficient (Wildman–Crippen LogP) is -0.00680. The molecular formula is C19H31N5O3. The lowest BCUT2D eigenvalue weighted by Gasteiger charge is -2.36. The highest BCUT2D eigenvalue weighted by molar-refractivity contribution is 6.09. The van der Waals surface area contributed by atoms with Gasteiger partial charge in [-0.05, 0) is 25.2 Å². The number of carbonyl (C=O) groups is 3. The van der Waals surface area contributed by atoms with Gasteiger partial charge in [0.2, 0.25) is 5.91 Å². The van der Waals surface area contributed by atoms with Crippen molar-refractivity contribution in [2.75, 3.05) is 45.8 Å².